The molecule has 6 rings (SSSR count). The van der Waals surface area contributed by atoms with Crippen molar-refractivity contribution in [1.82, 2.24) is 29.0 Å². The van der Waals surface area contributed by atoms with Crippen LogP contribution >= 0.6 is 0 Å². The highest BCUT2D eigenvalue weighted by atomic mass is 32.2. The Hall–Kier alpha value is -3.79. The van der Waals surface area contributed by atoms with E-state index in [0.29, 0.717) is 30.1 Å². The number of carbonyl (C=O) groups excluding carboxylic acids is 1. The van der Waals surface area contributed by atoms with Crippen LogP contribution in [0.4, 0.5) is 13.2 Å². The maximum absolute atomic E-state index is 13.6. The summed E-state index contributed by atoms with van der Waals surface area (Å²) in [7, 11) is -3.57. The molecule has 15 heteroatoms. The number of benzene rings is 1. The standard InChI is InChI=1S/C30H34F3N7O4S/c1-45(43,44)39-12-8-26-24(17-39)27(19-4-5-25(30(31,32)33)22(13-19)28(34)42)37-40(26)16-20(41)15-38-10-6-18(7-11-38)23-14-36-29-21(23)3-2-9-35-29/h2-5,9,13-14,18,20,41H,6-8,10-12,15-17H2,1H3,(H2,34,42)(H,35,36). The van der Waals surface area contributed by atoms with E-state index in [4.69, 9.17) is 5.73 Å². The number of β-amino-alcohol motifs (C(OH)–C–C–N with tert-alkyl or cyclic N) is 1. The molecule has 4 N–H and O–H groups in total. The van der Waals surface area contributed by atoms with Crippen LogP contribution in [0.15, 0.2) is 42.7 Å². The van der Waals surface area contributed by atoms with E-state index >= 15 is 0 Å². The Labute approximate surface area is 257 Å². The van der Waals surface area contributed by atoms with Crippen LogP contribution in [0.2, 0.25) is 0 Å². The molecule has 5 heterocycles. The van der Waals surface area contributed by atoms with Crippen molar-refractivity contribution < 1.29 is 31.5 Å². The van der Waals surface area contributed by atoms with E-state index in [0.717, 1.165) is 55.4 Å². The number of rotatable bonds is 8. The predicted molar refractivity (Wildman–Crippen MR) is 161 cm³/mol. The van der Waals surface area contributed by atoms with Gasteiger partial charge in [0.2, 0.25) is 15.9 Å². The summed E-state index contributed by atoms with van der Waals surface area (Å²) in [6.45, 7) is 2.25. The second-order valence-electron chi connectivity index (χ2n) is 11.8. The molecule has 0 spiro atoms. The first kappa shape index (κ1) is 31.2. The number of fused-ring (bicyclic) bond motifs is 2. The summed E-state index contributed by atoms with van der Waals surface area (Å²) in [5.74, 6) is -0.861. The highest BCUT2D eigenvalue weighted by Gasteiger charge is 2.36. The molecule has 1 amide bonds. The fourth-order valence-corrected chi connectivity index (χ4v) is 7.36. The van der Waals surface area contributed by atoms with Crippen molar-refractivity contribution in [3.05, 3.63) is 70.7 Å². The number of aliphatic hydroxyl groups is 1. The quantitative estimate of drug-likeness (QED) is 0.267. The zero-order valence-electron chi connectivity index (χ0n) is 24.6. The summed E-state index contributed by atoms with van der Waals surface area (Å²) in [6, 6.07) is 7.02. The molecule has 11 nitrogen and oxygen atoms in total. The van der Waals surface area contributed by atoms with Gasteiger partial charge in [-0.15, -0.1) is 0 Å². The lowest BCUT2D eigenvalue weighted by Gasteiger charge is -2.33. The highest BCUT2D eigenvalue weighted by Crippen LogP contribution is 2.37. The number of hydrogen-bond donors (Lipinski definition) is 3. The summed E-state index contributed by atoms with van der Waals surface area (Å²) in [4.78, 5) is 21.8. The van der Waals surface area contributed by atoms with E-state index < -0.39 is 39.3 Å². The van der Waals surface area contributed by atoms with Gasteiger partial charge in [0.15, 0.2) is 0 Å². The molecule has 3 aromatic heterocycles. The zero-order chi connectivity index (χ0) is 32.1. The van der Waals surface area contributed by atoms with Gasteiger partial charge < -0.3 is 20.7 Å². The summed E-state index contributed by atoms with van der Waals surface area (Å²) < 4.78 is 68.3. The van der Waals surface area contributed by atoms with Crippen molar-refractivity contribution in [3.8, 4) is 11.3 Å². The minimum atomic E-state index is -4.79. The van der Waals surface area contributed by atoms with Crippen LogP contribution in [0.25, 0.3) is 22.3 Å². The second-order valence-corrected chi connectivity index (χ2v) is 13.8. The Morgan fingerprint density at radius 1 is 1.18 bits per heavy atom. The Morgan fingerprint density at radius 3 is 2.62 bits per heavy atom. The molecular weight excluding hydrogens is 611 g/mol. The third-order valence-electron chi connectivity index (χ3n) is 8.79. The van der Waals surface area contributed by atoms with Gasteiger partial charge in [0.05, 0.1) is 35.7 Å². The van der Waals surface area contributed by atoms with E-state index in [2.05, 4.69) is 26.0 Å². The zero-order valence-corrected chi connectivity index (χ0v) is 25.4. The smallest absolute Gasteiger partial charge is 0.390 e. The Balaban J connectivity index is 1.22. The molecule has 1 aromatic carbocycles. The van der Waals surface area contributed by atoms with Gasteiger partial charge in [-0.05, 0) is 61.7 Å². The van der Waals surface area contributed by atoms with Crippen molar-refractivity contribution in [3.63, 3.8) is 0 Å². The molecule has 0 radical (unpaired) electrons. The number of carbonyl (C=O) groups is 1. The van der Waals surface area contributed by atoms with Gasteiger partial charge in [-0.2, -0.15) is 22.6 Å². The first-order valence-corrected chi connectivity index (χ1v) is 16.5. The van der Waals surface area contributed by atoms with Gasteiger partial charge >= 0.3 is 6.18 Å². The SMILES string of the molecule is CS(=O)(=O)N1CCc2c(c(-c3ccc(C(F)(F)F)c(C(N)=O)c3)nn2CC(O)CN2CCC(c3c[nH]c4ncccc34)CC2)C1. The van der Waals surface area contributed by atoms with E-state index in [1.165, 1.54) is 15.9 Å². The van der Waals surface area contributed by atoms with Gasteiger partial charge in [0, 0.05) is 60.7 Å². The fourth-order valence-electron chi connectivity index (χ4n) is 6.57. The minimum absolute atomic E-state index is 0.0383. The van der Waals surface area contributed by atoms with Crippen LogP contribution in [0.1, 0.15) is 51.5 Å². The number of amides is 1. The van der Waals surface area contributed by atoms with E-state index in [9.17, 15) is 31.5 Å². The number of aromatic nitrogens is 4. The summed E-state index contributed by atoms with van der Waals surface area (Å²) in [5.41, 5.74) is 7.21. The van der Waals surface area contributed by atoms with E-state index in [1.807, 2.05) is 12.3 Å². The van der Waals surface area contributed by atoms with Crippen LogP contribution in [0, 0.1) is 0 Å². The van der Waals surface area contributed by atoms with Crippen LogP contribution in [0.5, 0.6) is 0 Å². The predicted octanol–water partition coefficient (Wildman–Crippen LogP) is 3.10. The van der Waals surface area contributed by atoms with Gasteiger partial charge in [0.25, 0.3) is 0 Å². The third-order valence-corrected chi connectivity index (χ3v) is 10.0. The molecule has 0 bridgehead atoms. The lowest BCUT2D eigenvalue weighted by atomic mass is 9.89. The number of pyridine rings is 1. The average molecular weight is 646 g/mol. The normalized spacial score (nSPS) is 17.9. The number of nitrogens with zero attached hydrogens (tertiary/aromatic N) is 5. The minimum Gasteiger partial charge on any atom is -0.390 e. The first-order chi connectivity index (χ1) is 21.3. The summed E-state index contributed by atoms with van der Waals surface area (Å²) >= 11 is 0. The Morgan fingerprint density at radius 2 is 1.93 bits per heavy atom. The fraction of sp³-hybridized carbons (Fsp3) is 0.433. The number of aliphatic hydroxyl groups excluding tert-OH is 1. The molecule has 2 aliphatic rings. The molecule has 1 saturated heterocycles. The molecule has 1 atom stereocenters. The average Bonchev–Trinajstić information content (AvgIpc) is 3.58. The number of hydrogen-bond acceptors (Lipinski definition) is 7. The highest BCUT2D eigenvalue weighted by molar-refractivity contribution is 7.88. The molecule has 1 unspecified atom stereocenters. The van der Waals surface area contributed by atoms with Crippen LogP contribution in [0.3, 0.4) is 0 Å². The maximum Gasteiger partial charge on any atom is 0.417 e. The number of sulfonamides is 1. The van der Waals surface area contributed by atoms with E-state index in [1.54, 1.807) is 10.9 Å². The summed E-state index contributed by atoms with van der Waals surface area (Å²) in [6.07, 6.45) is 1.43. The number of nitrogens with one attached hydrogen (secondary N) is 1. The van der Waals surface area contributed by atoms with Crippen LogP contribution < -0.4 is 5.73 Å². The molecule has 45 heavy (non-hydrogen) atoms. The maximum atomic E-state index is 13.6. The van der Waals surface area contributed by atoms with E-state index in [-0.39, 0.29) is 30.9 Å². The second kappa shape index (κ2) is 11.9. The third kappa shape index (κ3) is 6.34. The summed E-state index contributed by atoms with van der Waals surface area (Å²) in [5, 5.41) is 16.9. The number of piperidine rings is 1. The number of H-pyrrole nitrogens is 1. The number of nitrogens with two attached hydrogens (primary N) is 1. The topological polar surface area (TPSA) is 150 Å². The number of aromatic amines is 1. The largest absolute Gasteiger partial charge is 0.417 e. The lowest BCUT2D eigenvalue weighted by molar-refractivity contribution is -0.137. The molecule has 0 saturated carbocycles. The van der Waals surface area contributed by atoms with Crippen LogP contribution in [-0.2, 0) is 35.7 Å². The van der Waals surface area contributed by atoms with Crippen molar-refractivity contribution in [2.24, 2.45) is 5.73 Å². The van der Waals surface area contributed by atoms with Crippen molar-refractivity contribution in [1.29, 1.82) is 0 Å². The number of primary amides is 1. The molecular formula is C30H34F3N7O4S. The molecule has 240 valence electrons. The van der Waals surface area contributed by atoms with Crippen molar-refractivity contribution in [2.75, 3.05) is 32.4 Å². The number of halogens is 3. The molecule has 4 aromatic rings. The van der Waals surface area contributed by atoms with Gasteiger partial charge in [-0.3, -0.25) is 9.48 Å². The monoisotopic (exact) mass is 645 g/mol. The van der Waals surface area contributed by atoms with Crippen molar-refractivity contribution >= 4 is 27.0 Å². The first-order valence-electron chi connectivity index (χ1n) is 14.7. The Bertz CT molecular complexity index is 1850. The van der Waals surface area contributed by atoms with Gasteiger partial charge in [0.1, 0.15) is 5.65 Å². The van der Waals surface area contributed by atoms with Crippen molar-refractivity contribution in [2.45, 2.75) is 50.6 Å². The lowest BCUT2D eigenvalue weighted by Crippen LogP contribution is -2.40. The number of alkyl halides is 3. The van der Waals surface area contributed by atoms with Crippen LogP contribution in [-0.4, -0.2) is 86.9 Å². The molecule has 1 fully saturated rings. The Kier molecular flexibility index (Phi) is 8.22. The van der Waals surface area contributed by atoms with Gasteiger partial charge in [-0.1, -0.05) is 6.07 Å². The molecule has 2 aliphatic heterocycles. The molecule has 0 aliphatic carbocycles. The number of likely N-dealkylation sites (tertiary alicyclic amines) is 1. The van der Waals surface area contributed by atoms with Gasteiger partial charge in [-0.25, -0.2) is 13.4 Å².